The summed E-state index contributed by atoms with van der Waals surface area (Å²) in [6.45, 7) is 2.39. The molecule has 28 heavy (non-hydrogen) atoms. The summed E-state index contributed by atoms with van der Waals surface area (Å²) in [6, 6.07) is 3.06. The van der Waals surface area contributed by atoms with Crippen molar-refractivity contribution in [3.8, 4) is 5.75 Å². The van der Waals surface area contributed by atoms with Gasteiger partial charge in [-0.1, -0.05) is 11.6 Å². The number of halogens is 2. The predicted octanol–water partition coefficient (Wildman–Crippen LogP) is 2.70. The molecule has 2 rings (SSSR count). The van der Waals surface area contributed by atoms with Gasteiger partial charge >= 0.3 is 0 Å². The number of hydrogen-bond acceptors (Lipinski definition) is 7. The van der Waals surface area contributed by atoms with Crippen molar-refractivity contribution in [3.63, 3.8) is 0 Å². The Labute approximate surface area is 178 Å². The Morgan fingerprint density at radius 2 is 2.07 bits per heavy atom. The second kappa shape index (κ2) is 10.1. The summed E-state index contributed by atoms with van der Waals surface area (Å²) in [7, 11) is -1.78. The smallest absolute Gasteiger partial charge is 0.166 e. The number of piperidine rings is 1. The van der Waals surface area contributed by atoms with Crippen LogP contribution in [0.3, 0.4) is 0 Å². The maximum atomic E-state index is 12.7. The van der Waals surface area contributed by atoms with Crippen LogP contribution in [-0.2, 0) is 9.84 Å². The normalized spacial score (nSPS) is 21.6. The summed E-state index contributed by atoms with van der Waals surface area (Å²) in [5.74, 6) is 0.431. The van der Waals surface area contributed by atoms with E-state index in [9.17, 15) is 13.2 Å². The lowest BCUT2D eigenvalue weighted by atomic mass is 9.90. The Balaban J connectivity index is 0.00000392. The molecule has 7 nitrogen and oxygen atoms in total. The van der Waals surface area contributed by atoms with Crippen LogP contribution in [0.25, 0.3) is 0 Å². The van der Waals surface area contributed by atoms with Crippen LogP contribution >= 0.6 is 24.0 Å². The van der Waals surface area contributed by atoms with E-state index < -0.39 is 15.2 Å². The summed E-state index contributed by atoms with van der Waals surface area (Å²) in [5.41, 5.74) is 12.4. The number of methoxy groups -OCH3 is 1. The molecule has 1 aliphatic rings. The third-order valence-electron chi connectivity index (χ3n) is 5.12. The van der Waals surface area contributed by atoms with Gasteiger partial charge in [0.05, 0.1) is 29.5 Å². The molecule has 1 saturated heterocycles. The van der Waals surface area contributed by atoms with Gasteiger partial charge in [-0.3, -0.25) is 9.69 Å². The third kappa shape index (κ3) is 5.97. The highest BCUT2D eigenvalue weighted by atomic mass is 35.5. The van der Waals surface area contributed by atoms with Crippen LogP contribution in [0.4, 0.5) is 5.69 Å². The fraction of sp³-hybridized carbons (Fsp3) is 0.611. The number of Topliss-reactive ketones (excluding diaryl/α,β-unsaturated/α-hetero) is 1. The van der Waals surface area contributed by atoms with Gasteiger partial charge in [0.15, 0.2) is 15.6 Å². The molecule has 0 spiro atoms. The van der Waals surface area contributed by atoms with Crippen molar-refractivity contribution < 1.29 is 17.9 Å². The molecule has 0 amide bonds. The molecule has 160 valence electrons. The Bertz CT molecular complexity index is 802. The standard InChI is InChI=1S/C18H28ClN3O4S.ClH/c1-11(20)22-7-6-12(8-18(22)27(3,24)25)4-5-16(23)13-9-14(19)15(21)10-17(13)26-2;/h9-12,18H,4-8,20-21H2,1-3H3;1H. The number of carbonyl (C=O) groups excluding carboxylic acids is 1. The van der Waals surface area contributed by atoms with Crippen LogP contribution in [0, 0.1) is 5.92 Å². The van der Waals surface area contributed by atoms with E-state index in [1.54, 1.807) is 6.92 Å². The predicted molar refractivity (Wildman–Crippen MR) is 115 cm³/mol. The summed E-state index contributed by atoms with van der Waals surface area (Å²) in [6.07, 6.45) is 3.09. The Morgan fingerprint density at radius 3 is 2.61 bits per heavy atom. The second-order valence-corrected chi connectivity index (χ2v) is 9.80. The maximum Gasteiger partial charge on any atom is 0.166 e. The molecule has 1 fully saturated rings. The number of nitrogen functional groups attached to an aromatic ring is 1. The monoisotopic (exact) mass is 453 g/mol. The number of anilines is 1. The van der Waals surface area contributed by atoms with Crippen molar-refractivity contribution in [2.24, 2.45) is 11.7 Å². The molecule has 4 N–H and O–H groups in total. The van der Waals surface area contributed by atoms with Crippen molar-refractivity contribution in [2.75, 3.05) is 25.6 Å². The molecule has 0 bridgehead atoms. The van der Waals surface area contributed by atoms with Gasteiger partial charge in [0, 0.05) is 25.3 Å². The fourth-order valence-corrected chi connectivity index (χ4v) is 5.16. The van der Waals surface area contributed by atoms with E-state index in [1.165, 1.54) is 25.5 Å². The van der Waals surface area contributed by atoms with E-state index >= 15 is 0 Å². The minimum Gasteiger partial charge on any atom is -0.496 e. The first-order valence-corrected chi connectivity index (χ1v) is 11.2. The van der Waals surface area contributed by atoms with E-state index in [4.69, 9.17) is 27.8 Å². The van der Waals surface area contributed by atoms with Crippen LogP contribution < -0.4 is 16.2 Å². The van der Waals surface area contributed by atoms with Gasteiger partial charge in [0.2, 0.25) is 0 Å². The summed E-state index contributed by atoms with van der Waals surface area (Å²) in [4.78, 5) is 14.5. The lowest BCUT2D eigenvalue weighted by Gasteiger charge is -2.40. The van der Waals surface area contributed by atoms with E-state index in [0.717, 1.165) is 6.42 Å². The highest BCUT2D eigenvalue weighted by molar-refractivity contribution is 7.91. The zero-order chi connectivity index (χ0) is 20.4. The van der Waals surface area contributed by atoms with Gasteiger partial charge in [0.25, 0.3) is 0 Å². The van der Waals surface area contributed by atoms with Gasteiger partial charge in [-0.25, -0.2) is 8.42 Å². The van der Waals surface area contributed by atoms with E-state index in [1.807, 2.05) is 4.90 Å². The van der Waals surface area contributed by atoms with E-state index in [2.05, 4.69) is 0 Å². The minimum atomic E-state index is -3.26. The summed E-state index contributed by atoms with van der Waals surface area (Å²) < 4.78 is 29.5. The average molecular weight is 454 g/mol. The molecule has 1 aromatic rings. The summed E-state index contributed by atoms with van der Waals surface area (Å²) in [5, 5.41) is -0.298. The topological polar surface area (TPSA) is 116 Å². The number of benzene rings is 1. The van der Waals surface area contributed by atoms with Crippen molar-refractivity contribution >= 4 is 45.3 Å². The third-order valence-corrected chi connectivity index (χ3v) is 6.90. The average Bonchev–Trinajstić information content (AvgIpc) is 2.60. The van der Waals surface area contributed by atoms with Gasteiger partial charge in [-0.2, -0.15) is 0 Å². The molecule has 0 saturated carbocycles. The first-order valence-electron chi connectivity index (χ1n) is 8.91. The second-order valence-electron chi connectivity index (χ2n) is 7.19. The van der Waals surface area contributed by atoms with E-state index in [0.29, 0.717) is 41.4 Å². The highest BCUT2D eigenvalue weighted by Gasteiger charge is 2.36. The first-order chi connectivity index (χ1) is 12.5. The number of sulfone groups is 1. The Kier molecular flexibility index (Phi) is 9.02. The van der Waals surface area contributed by atoms with Crippen LogP contribution in [-0.4, -0.2) is 50.6 Å². The number of rotatable bonds is 7. The number of nitrogens with two attached hydrogens (primary N) is 2. The van der Waals surface area contributed by atoms with Gasteiger partial charge in [-0.05, 0) is 38.2 Å². The Hall–Kier alpha value is -1.06. The molecule has 0 aromatic heterocycles. The molecule has 10 heteroatoms. The fourth-order valence-electron chi connectivity index (χ4n) is 3.59. The number of carbonyl (C=O) groups is 1. The van der Waals surface area contributed by atoms with Crippen LogP contribution in [0.5, 0.6) is 5.75 Å². The van der Waals surface area contributed by atoms with Crippen LogP contribution in [0.15, 0.2) is 12.1 Å². The SMILES string of the molecule is COc1cc(N)c(Cl)cc1C(=O)CCC1CCN(C(C)N)C(S(C)(=O)=O)C1.Cl. The highest BCUT2D eigenvalue weighted by Crippen LogP contribution is 2.33. The Morgan fingerprint density at radius 1 is 1.43 bits per heavy atom. The number of likely N-dealkylation sites (tertiary alicyclic amines) is 1. The van der Waals surface area contributed by atoms with Crippen molar-refractivity contribution in [2.45, 2.75) is 44.1 Å². The van der Waals surface area contributed by atoms with Crippen molar-refractivity contribution in [1.82, 2.24) is 4.90 Å². The van der Waals surface area contributed by atoms with Gasteiger partial charge < -0.3 is 16.2 Å². The minimum absolute atomic E-state index is 0. The molecular formula is C18H29Cl2N3O4S. The maximum absolute atomic E-state index is 12.7. The van der Waals surface area contributed by atoms with Gasteiger partial charge in [0.1, 0.15) is 11.1 Å². The molecule has 1 aromatic carbocycles. The van der Waals surface area contributed by atoms with Crippen LogP contribution in [0.1, 0.15) is 43.0 Å². The lowest BCUT2D eigenvalue weighted by Crippen LogP contribution is -2.53. The molecule has 3 unspecified atom stereocenters. The molecule has 0 radical (unpaired) electrons. The molecule has 1 heterocycles. The zero-order valence-corrected chi connectivity index (χ0v) is 18.7. The van der Waals surface area contributed by atoms with E-state index in [-0.39, 0.29) is 36.7 Å². The van der Waals surface area contributed by atoms with Gasteiger partial charge in [-0.15, -0.1) is 12.4 Å². The zero-order valence-electron chi connectivity index (χ0n) is 16.4. The molecule has 0 aliphatic carbocycles. The quantitative estimate of drug-likeness (QED) is 0.481. The van der Waals surface area contributed by atoms with Crippen molar-refractivity contribution in [3.05, 3.63) is 22.7 Å². The molecule has 3 atom stereocenters. The molecule has 1 aliphatic heterocycles. The largest absolute Gasteiger partial charge is 0.496 e. The van der Waals surface area contributed by atoms with Crippen LogP contribution in [0.2, 0.25) is 5.02 Å². The number of ketones is 1. The van der Waals surface area contributed by atoms with Crippen molar-refractivity contribution in [1.29, 1.82) is 0 Å². The molecular weight excluding hydrogens is 425 g/mol. The summed E-state index contributed by atoms with van der Waals surface area (Å²) >= 11 is 6.03. The number of hydrogen-bond donors (Lipinski definition) is 2. The lowest BCUT2D eigenvalue weighted by molar-refractivity contribution is 0.0929. The number of nitrogens with zero attached hydrogens (tertiary/aromatic N) is 1. The number of ether oxygens (including phenoxy) is 1. The first kappa shape index (κ1) is 25.0.